The molecule has 0 spiro atoms. The first-order valence-electron chi connectivity index (χ1n) is 8.38. The molecule has 150 valence electrons. The van der Waals surface area contributed by atoms with Gasteiger partial charge in [-0.2, -0.15) is 4.68 Å². The molecular weight excluding hydrogens is 407 g/mol. The van der Waals surface area contributed by atoms with Crippen LogP contribution in [0.5, 0.6) is 5.75 Å². The zero-order valence-corrected chi connectivity index (χ0v) is 16.1. The molecule has 1 aromatic carbocycles. The van der Waals surface area contributed by atoms with Gasteiger partial charge in [-0.1, -0.05) is 11.8 Å². The number of rotatable bonds is 5. The molecule has 0 N–H and O–H groups in total. The minimum absolute atomic E-state index is 0.314. The predicted octanol–water partition coefficient (Wildman–Crippen LogP) is 3.51. The Bertz CT molecular complexity index is 1150. The number of fused-ring (bicyclic) bond motifs is 1. The van der Waals surface area contributed by atoms with Gasteiger partial charge in [0.25, 0.3) is 0 Å². The van der Waals surface area contributed by atoms with Gasteiger partial charge in [-0.25, -0.2) is 9.97 Å². The molecule has 0 amide bonds. The van der Waals surface area contributed by atoms with Crippen molar-refractivity contribution in [2.75, 3.05) is 0 Å². The Morgan fingerprint density at radius 3 is 2.59 bits per heavy atom. The fraction of sp³-hybridized carbons (Fsp3) is 0.235. The molecule has 12 heteroatoms. The second-order valence-corrected chi connectivity index (χ2v) is 7.09. The molecule has 0 radical (unpaired) electrons. The van der Waals surface area contributed by atoms with Crippen molar-refractivity contribution >= 4 is 17.5 Å². The van der Waals surface area contributed by atoms with Crippen LogP contribution in [0.1, 0.15) is 17.1 Å². The van der Waals surface area contributed by atoms with Gasteiger partial charge < -0.3 is 4.74 Å². The van der Waals surface area contributed by atoms with Crippen molar-refractivity contribution in [3.05, 3.63) is 53.6 Å². The van der Waals surface area contributed by atoms with Gasteiger partial charge >= 0.3 is 6.36 Å². The van der Waals surface area contributed by atoms with Crippen molar-refractivity contribution < 1.29 is 17.9 Å². The Labute approximate surface area is 166 Å². The second kappa shape index (κ2) is 7.35. The molecule has 0 saturated heterocycles. The topological polar surface area (TPSA) is 83.0 Å². The quantitative estimate of drug-likeness (QED) is 0.456. The van der Waals surface area contributed by atoms with Crippen molar-refractivity contribution in [3.8, 4) is 11.4 Å². The SMILES string of the molecule is Cc1cc(C)n2cc(CSc3nnnn3-c3ccc(OC(F)(F)F)cc3)nc2n1. The second-order valence-electron chi connectivity index (χ2n) is 6.14. The summed E-state index contributed by atoms with van der Waals surface area (Å²) in [5.41, 5.74) is 3.23. The van der Waals surface area contributed by atoms with Crippen LogP contribution in [0.4, 0.5) is 13.2 Å². The highest BCUT2D eigenvalue weighted by atomic mass is 32.2. The molecule has 0 saturated carbocycles. The highest BCUT2D eigenvalue weighted by Gasteiger charge is 2.31. The Kier molecular flexibility index (Phi) is 4.86. The summed E-state index contributed by atoms with van der Waals surface area (Å²) in [5, 5.41) is 12.0. The van der Waals surface area contributed by atoms with Crippen LogP contribution in [0, 0.1) is 13.8 Å². The summed E-state index contributed by atoms with van der Waals surface area (Å²) in [4.78, 5) is 8.92. The molecule has 3 heterocycles. The average molecular weight is 421 g/mol. The van der Waals surface area contributed by atoms with Crippen molar-refractivity contribution in [3.63, 3.8) is 0 Å². The van der Waals surface area contributed by atoms with Crippen LogP contribution in [0.2, 0.25) is 0 Å². The lowest BCUT2D eigenvalue weighted by Crippen LogP contribution is -2.17. The van der Waals surface area contributed by atoms with Crippen LogP contribution >= 0.6 is 11.8 Å². The van der Waals surface area contributed by atoms with Gasteiger partial charge in [0.05, 0.1) is 11.4 Å². The lowest BCUT2D eigenvalue weighted by Gasteiger charge is -2.09. The molecule has 0 aliphatic heterocycles. The maximum atomic E-state index is 12.3. The van der Waals surface area contributed by atoms with Gasteiger partial charge in [-0.3, -0.25) is 4.40 Å². The number of aromatic nitrogens is 7. The van der Waals surface area contributed by atoms with Crippen molar-refractivity contribution in [2.45, 2.75) is 31.1 Å². The van der Waals surface area contributed by atoms with Crippen LogP contribution in [0.15, 0.2) is 41.7 Å². The van der Waals surface area contributed by atoms with Gasteiger partial charge in [0.15, 0.2) is 0 Å². The van der Waals surface area contributed by atoms with Gasteiger partial charge in [0, 0.05) is 23.3 Å². The molecule has 29 heavy (non-hydrogen) atoms. The maximum Gasteiger partial charge on any atom is 0.573 e. The molecular formula is C17H14F3N7OS. The smallest absolute Gasteiger partial charge is 0.406 e. The lowest BCUT2D eigenvalue weighted by atomic mass is 10.3. The number of nitrogens with zero attached hydrogens (tertiary/aromatic N) is 7. The van der Waals surface area contributed by atoms with Crippen LogP contribution in [0.3, 0.4) is 0 Å². The molecule has 0 aliphatic rings. The fourth-order valence-corrected chi connectivity index (χ4v) is 3.52. The molecule has 0 aliphatic carbocycles. The van der Waals surface area contributed by atoms with Gasteiger partial charge in [-0.15, -0.1) is 18.3 Å². The Morgan fingerprint density at radius 1 is 1.10 bits per heavy atom. The molecule has 4 aromatic rings. The zero-order chi connectivity index (χ0) is 20.6. The first-order chi connectivity index (χ1) is 13.8. The highest BCUT2D eigenvalue weighted by molar-refractivity contribution is 7.98. The van der Waals surface area contributed by atoms with Gasteiger partial charge in [0.2, 0.25) is 10.9 Å². The predicted molar refractivity (Wildman–Crippen MR) is 97.9 cm³/mol. The van der Waals surface area contributed by atoms with Crippen LogP contribution in [-0.2, 0) is 5.75 Å². The zero-order valence-electron chi connectivity index (χ0n) is 15.3. The van der Waals surface area contributed by atoms with E-state index in [4.69, 9.17) is 0 Å². The summed E-state index contributed by atoms with van der Waals surface area (Å²) in [6.45, 7) is 3.89. The van der Waals surface area contributed by atoms with Crippen LogP contribution in [0.25, 0.3) is 11.5 Å². The Morgan fingerprint density at radius 2 is 1.86 bits per heavy atom. The number of imidazole rings is 1. The number of benzene rings is 1. The van der Waals surface area contributed by atoms with Crippen LogP contribution < -0.4 is 4.74 Å². The van der Waals surface area contributed by atoms with E-state index in [1.807, 2.05) is 30.5 Å². The first kappa shape index (κ1) is 19.2. The molecule has 4 rings (SSSR count). The number of hydrogen-bond donors (Lipinski definition) is 0. The average Bonchev–Trinajstić information content (AvgIpc) is 3.26. The Balaban J connectivity index is 1.51. The minimum atomic E-state index is -4.74. The third-order valence-electron chi connectivity index (χ3n) is 3.92. The number of halogens is 3. The van der Waals surface area contributed by atoms with Gasteiger partial charge in [0.1, 0.15) is 5.75 Å². The largest absolute Gasteiger partial charge is 0.573 e. The molecule has 0 unspecified atom stereocenters. The van der Waals surface area contributed by atoms with E-state index < -0.39 is 6.36 Å². The molecule has 0 atom stereocenters. The van der Waals surface area contributed by atoms with Crippen molar-refractivity contribution in [1.29, 1.82) is 0 Å². The van der Waals surface area contributed by atoms with E-state index in [1.54, 1.807) is 0 Å². The standard InChI is InChI=1S/C17H14F3N7OS/c1-10-7-11(2)26-8-12(22-15(26)21-10)9-29-16-23-24-25-27(16)13-3-5-14(6-4-13)28-17(18,19)20/h3-8H,9H2,1-2H3. The minimum Gasteiger partial charge on any atom is -0.406 e. The van der Waals surface area contributed by atoms with E-state index >= 15 is 0 Å². The third-order valence-corrected chi connectivity index (χ3v) is 4.87. The number of thioether (sulfide) groups is 1. The monoisotopic (exact) mass is 421 g/mol. The summed E-state index contributed by atoms with van der Waals surface area (Å²) < 4.78 is 44.1. The van der Waals surface area contributed by atoms with Crippen LogP contribution in [-0.4, -0.2) is 40.9 Å². The summed E-state index contributed by atoms with van der Waals surface area (Å²) in [5.74, 6) is 0.807. The number of ether oxygens (including phenoxy) is 1. The number of hydrogen-bond acceptors (Lipinski definition) is 7. The van der Waals surface area contributed by atoms with Crippen molar-refractivity contribution in [1.82, 2.24) is 34.6 Å². The molecule has 3 aromatic heterocycles. The highest BCUT2D eigenvalue weighted by Crippen LogP contribution is 2.26. The van der Waals surface area contributed by atoms with Gasteiger partial charge in [-0.05, 0) is 54.6 Å². The fourth-order valence-electron chi connectivity index (χ4n) is 2.75. The first-order valence-corrected chi connectivity index (χ1v) is 9.37. The molecule has 0 fully saturated rings. The van der Waals surface area contributed by atoms with E-state index in [2.05, 4.69) is 30.2 Å². The van der Waals surface area contributed by atoms with E-state index in [0.717, 1.165) is 17.1 Å². The van der Waals surface area contributed by atoms with E-state index in [9.17, 15) is 13.2 Å². The van der Waals surface area contributed by atoms with E-state index in [-0.39, 0.29) is 5.75 Å². The van der Waals surface area contributed by atoms with E-state index in [0.29, 0.717) is 22.4 Å². The normalized spacial score (nSPS) is 11.9. The number of tetrazole rings is 1. The summed E-state index contributed by atoms with van der Waals surface area (Å²) in [6.07, 6.45) is -2.83. The molecule has 0 bridgehead atoms. The number of alkyl halides is 3. The molecule has 8 nitrogen and oxygen atoms in total. The van der Waals surface area contributed by atoms with Crippen molar-refractivity contribution in [2.24, 2.45) is 0 Å². The Hall–Kier alpha value is -3.15. The number of aryl methyl sites for hydroxylation is 2. The summed E-state index contributed by atoms with van der Waals surface area (Å²) >= 11 is 1.35. The van der Waals surface area contributed by atoms with E-state index in [1.165, 1.54) is 40.7 Å². The maximum absolute atomic E-state index is 12.3. The lowest BCUT2D eigenvalue weighted by molar-refractivity contribution is -0.274. The third kappa shape index (κ3) is 4.31. The summed E-state index contributed by atoms with van der Waals surface area (Å²) in [7, 11) is 0. The summed E-state index contributed by atoms with van der Waals surface area (Å²) in [6, 6.07) is 7.28.